The van der Waals surface area contributed by atoms with Crippen LogP contribution in [0, 0.1) is 0 Å². The maximum Gasteiger partial charge on any atom is 0.340 e. The monoisotopic (exact) mass is 287 g/mol. The van der Waals surface area contributed by atoms with E-state index in [1.165, 1.54) is 7.11 Å². The predicted molar refractivity (Wildman–Crippen MR) is 79.5 cm³/mol. The summed E-state index contributed by atoms with van der Waals surface area (Å²) >= 11 is 0. The predicted octanol–water partition coefficient (Wildman–Crippen LogP) is 2.64. The fourth-order valence-corrected chi connectivity index (χ4v) is 1.84. The van der Waals surface area contributed by atoms with Gasteiger partial charge in [-0.15, -0.1) is 0 Å². The van der Waals surface area contributed by atoms with Crippen LogP contribution in [0.25, 0.3) is 0 Å². The Hall–Kier alpha value is -2.69. The average molecular weight is 287 g/mol. The number of carbonyl (C=O) groups excluding carboxylic acids is 1. The van der Waals surface area contributed by atoms with E-state index in [-0.39, 0.29) is 5.69 Å². The summed E-state index contributed by atoms with van der Waals surface area (Å²) in [5, 5.41) is 0. The number of methoxy groups -OCH3 is 2. The third kappa shape index (κ3) is 3.45. The van der Waals surface area contributed by atoms with Crippen molar-refractivity contribution in [3.05, 3.63) is 53.6 Å². The van der Waals surface area contributed by atoms with Crippen molar-refractivity contribution in [3.8, 4) is 11.5 Å². The smallest absolute Gasteiger partial charge is 0.340 e. The Morgan fingerprint density at radius 3 is 2.43 bits per heavy atom. The lowest BCUT2D eigenvalue weighted by Crippen LogP contribution is -2.07. The maximum absolute atomic E-state index is 11.6. The van der Waals surface area contributed by atoms with Crippen LogP contribution in [0.3, 0.4) is 0 Å². The molecule has 5 nitrogen and oxygen atoms in total. The number of anilines is 1. The van der Waals surface area contributed by atoms with E-state index in [1.807, 2.05) is 24.3 Å². The fraction of sp³-hybridized carbons (Fsp3) is 0.188. The molecular formula is C16H17NO4. The molecule has 0 aliphatic heterocycles. The molecule has 2 aromatic rings. The lowest BCUT2D eigenvalue weighted by molar-refractivity contribution is 0.0601. The number of nitrogens with two attached hydrogens (primary N) is 1. The van der Waals surface area contributed by atoms with Crippen LogP contribution < -0.4 is 15.2 Å². The van der Waals surface area contributed by atoms with Crippen LogP contribution in [0.2, 0.25) is 0 Å². The number of nitrogen functional groups attached to an aromatic ring is 1. The summed E-state index contributed by atoms with van der Waals surface area (Å²) in [5.74, 6) is 0.752. The zero-order valence-corrected chi connectivity index (χ0v) is 12.0. The number of carbonyl (C=O) groups is 1. The molecule has 0 atom stereocenters. The van der Waals surface area contributed by atoms with Gasteiger partial charge < -0.3 is 19.9 Å². The zero-order valence-electron chi connectivity index (χ0n) is 12.0. The van der Waals surface area contributed by atoms with Crippen LogP contribution in [-0.4, -0.2) is 20.2 Å². The molecule has 5 heteroatoms. The minimum absolute atomic E-state index is 0.276. The maximum atomic E-state index is 11.6. The highest BCUT2D eigenvalue weighted by atomic mass is 16.5. The Bertz CT molecular complexity index is 623. The van der Waals surface area contributed by atoms with Crippen molar-refractivity contribution >= 4 is 11.7 Å². The summed E-state index contributed by atoms with van der Waals surface area (Å²) in [6.07, 6.45) is 0. The van der Waals surface area contributed by atoms with E-state index in [4.69, 9.17) is 15.2 Å². The van der Waals surface area contributed by atoms with Crippen molar-refractivity contribution in [2.24, 2.45) is 0 Å². The minimum Gasteiger partial charge on any atom is -0.497 e. The fourth-order valence-electron chi connectivity index (χ4n) is 1.84. The van der Waals surface area contributed by atoms with Crippen LogP contribution >= 0.6 is 0 Å². The van der Waals surface area contributed by atoms with Gasteiger partial charge in [-0.3, -0.25) is 0 Å². The van der Waals surface area contributed by atoms with Gasteiger partial charge in [-0.1, -0.05) is 18.2 Å². The van der Waals surface area contributed by atoms with Gasteiger partial charge in [-0.2, -0.15) is 0 Å². The second-order valence-electron chi connectivity index (χ2n) is 4.35. The Morgan fingerprint density at radius 2 is 1.81 bits per heavy atom. The molecule has 0 bridgehead atoms. The topological polar surface area (TPSA) is 70.8 Å². The number of rotatable bonds is 5. The molecule has 0 amide bonds. The zero-order chi connectivity index (χ0) is 15.2. The number of ether oxygens (including phenoxy) is 3. The van der Waals surface area contributed by atoms with Gasteiger partial charge in [-0.05, 0) is 29.8 Å². The van der Waals surface area contributed by atoms with E-state index in [2.05, 4.69) is 4.74 Å². The highest BCUT2D eigenvalue weighted by Crippen LogP contribution is 2.26. The summed E-state index contributed by atoms with van der Waals surface area (Å²) in [7, 11) is 2.93. The number of hydrogen-bond donors (Lipinski definition) is 1. The van der Waals surface area contributed by atoms with Crippen molar-refractivity contribution in [3.63, 3.8) is 0 Å². The first-order chi connectivity index (χ1) is 10.2. The largest absolute Gasteiger partial charge is 0.497 e. The highest BCUT2D eigenvalue weighted by molar-refractivity contribution is 5.96. The second-order valence-corrected chi connectivity index (χ2v) is 4.35. The van der Waals surface area contributed by atoms with Gasteiger partial charge in [0.05, 0.1) is 25.5 Å². The Kier molecular flexibility index (Phi) is 4.66. The van der Waals surface area contributed by atoms with Crippen LogP contribution in [-0.2, 0) is 11.3 Å². The second kappa shape index (κ2) is 6.65. The molecule has 21 heavy (non-hydrogen) atoms. The highest BCUT2D eigenvalue weighted by Gasteiger charge is 2.13. The van der Waals surface area contributed by atoms with E-state index >= 15 is 0 Å². The van der Waals surface area contributed by atoms with Crippen LogP contribution in [0.15, 0.2) is 42.5 Å². The summed E-state index contributed by atoms with van der Waals surface area (Å²) < 4.78 is 15.4. The number of benzene rings is 2. The Balaban J connectivity index is 2.10. The number of para-hydroxylation sites is 1. The molecule has 2 aromatic carbocycles. The van der Waals surface area contributed by atoms with Gasteiger partial charge in [0.1, 0.15) is 18.1 Å². The molecule has 2 N–H and O–H groups in total. The van der Waals surface area contributed by atoms with E-state index in [1.54, 1.807) is 25.3 Å². The molecule has 0 aliphatic rings. The van der Waals surface area contributed by atoms with Crippen molar-refractivity contribution < 1.29 is 19.0 Å². The van der Waals surface area contributed by atoms with Gasteiger partial charge >= 0.3 is 5.97 Å². The van der Waals surface area contributed by atoms with Crippen LogP contribution in [0.4, 0.5) is 5.69 Å². The van der Waals surface area contributed by atoms with Crippen molar-refractivity contribution in [1.29, 1.82) is 0 Å². The molecule has 110 valence electrons. The molecule has 2 rings (SSSR count). The lowest BCUT2D eigenvalue weighted by atomic mass is 10.1. The molecule has 0 unspecified atom stereocenters. The van der Waals surface area contributed by atoms with Crippen molar-refractivity contribution in [2.75, 3.05) is 20.0 Å². The first-order valence-electron chi connectivity index (χ1n) is 6.38. The van der Waals surface area contributed by atoms with Gasteiger partial charge in [-0.25, -0.2) is 4.79 Å². The summed E-state index contributed by atoms with van der Waals surface area (Å²) in [4.78, 5) is 11.6. The molecular weight excluding hydrogens is 270 g/mol. The molecule has 0 aliphatic carbocycles. The third-order valence-corrected chi connectivity index (χ3v) is 3.02. The average Bonchev–Trinajstić information content (AvgIpc) is 2.53. The molecule has 0 heterocycles. The first kappa shape index (κ1) is 14.7. The summed E-state index contributed by atoms with van der Waals surface area (Å²) in [6.45, 7) is 0.346. The number of hydrogen-bond acceptors (Lipinski definition) is 5. The van der Waals surface area contributed by atoms with Gasteiger partial charge in [0.2, 0.25) is 0 Å². The number of esters is 1. The minimum atomic E-state index is -0.484. The summed E-state index contributed by atoms with van der Waals surface area (Å²) in [5.41, 5.74) is 7.47. The summed E-state index contributed by atoms with van der Waals surface area (Å²) in [6, 6.07) is 12.5. The third-order valence-electron chi connectivity index (χ3n) is 3.02. The van der Waals surface area contributed by atoms with Crippen molar-refractivity contribution in [1.82, 2.24) is 0 Å². The normalized spacial score (nSPS) is 10.0. The lowest BCUT2D eigenvalue weighted by Gasteiger charge is -2.11. The van der Waals surface area contributed by atoms with Crippen LogP contribution in [0.1, 0.15) is 15.9 Å². The molecule has 0 saturated heterocycles. The van der Waals surface area contributed by atoms with E-state index in [0.29, 0.717) is 17.9 Å². The molecule has 0 spiro atoms. The van der Waals surface area contributed by atoms with Gasteiger partial charge in [0.15, 0.2) is 0 Å². The van der Waals surface area contributed by atoms with E-state index < -0.39 is 5.97 Å². The SMILES string of the molecule is COC(=O)c1cccc(OCc2ccc(OC)cc2)c1N. The molecule has 0 saturated carbocycles. The van der Waals surface area contributed by atoms with Crippen LogP contribution in [0.5, 0.6) is 11.5 Å². The standard InChI is InChI=1S/C16H17NO4/c1-19-12-8-6-11(7-9-12)10-21-14-5-3-4-13(15(14)17)16(18)20-2/h3-9H,10,17H2,1-2H3. The van der Waals surface area contributed by atoms with E-state index in [0.717, 1.165) is 11.3 Å². The van der Waals surface area contributed by atoms with E-state index in [9.17, 15) is 4.79 Å². The van der Waals surface area contributed by atoms with Crippen molar-refractivity contribution in [2.45, 2.75) is 6.61 Å². The van der Waals surface area contributed by atoms with Gasteiger partial charge in [0, 0.05) is 0 Å². The Labute approximate surface area is 123 Å². The first-order valence-corrected chi connectivity index (χ1v) is 6.38. The molecule has 0 fully saturated rings. The molecule has 0 aromatic heterocycles. The Morgan fingerprint density at radius 1 is 1.10 bits per heavy atom. The van der Waals surface area contributed by atoms with Gasteiger partial charge in [0.25, 0.3) is 0 Å². The molecule has 0 radical (unpaired) electrons. The quantitative estimate of drug-likeness (QED) is 0.676.